The van der Waals surface area contributed by atoms with Gasteiger partial charge in [0.2, 0.25) is 10.0 Å². The molecule has 196 valence electrons. The van der Waals surface area contributed by atoms with Gasteiger partial charge in [0.15, 0.2) is 0 Å². The van der Waals surface area contributed by atoms with E-state index in [0.29, 0.717) is 6.04 Å². The van der Waals surface area contributed by atoms with E-state index in [2.05, 4.69) is 38.4 Å². The summed E-state index contributed by atoms with van der Waals surface area (Å²) in [6, 6.07) is 10.1. The van der Waals surface area contributed by atoms with Gasteiger partial charge in [0, 0.05) is 54.2 Å². The van der Waals surface area contributed by atoms with Crippen LogP contribution in [-0.4, -0.2) is 58.0 Å². The SMILES string of the molecule is CC1CC(Nc2cc3ncccc3c(NC3C[C@H]4CCC[C@@H](C3)N4S(=O)(=O)Cc3cccnc3)n2)NN1. The van der Waals surface area contributed by atoms with Crippen LogP contribution in [0.25, 0.3) is 10.9 Å². The normalized spacial score (nSPS) is 28.3. The number of rotatable bonds is 7. The van der Waals surface area contributed by atoms with Crippen molar-refractivity contribution in [3.8, 4) is 0 Å². The third-order valence-corrected chi connectivity index (χ3v) is 9.59. The maximum absolute atomic E-state index is 13.5. The van der Waals surface area contributed by atoms with E-state index in [1.807, 2.05) is 28.6 Å². The molecule has 3 saturated heterocycles. The fourth-order valence-corrected chi connectivity index (χ4v) is 8.15. The summed E-state index contributed by atoms with van der Waals surface area (Å²) < 4.78 is 28.8. The first-order valence-corrected chi connectivity index (χ1v) is 14.8. The van der Waals surface area contributed by atoms with Crippen molar-refractivity contribution in [2.45, 2.75) is 81.5 Å². The quantitative estimate of drug-likeness (QED) is 0.371. The minimum atomic E-state index is -3.43. The van der Waals surface area contributed by atoms with Gasteiger partial charge in [0.25, 0.3) is 0 Å². The molecule has 6 heterocycles. The van der Waals surface area contributed by atoms with Crippen LogP contribution in [0.3, 0.4) is 0 Å². The fraction of sp³-hybridized carbons (Fsp3) is 0.500. The number of hydrogen-bond acceptors (Lipinski definition) is 9. The maximum Gasteiger partial charge on any atom is 0.218 e. The smallest absolute Gasteiger partial charge is 0.218 e. The van der Waals surface area contributed by atoms with Crippen molar-refractivity contribution in [2.75, 3.05) is 10.6 Å². The first kappa shape index (κ1) is 24.5. The molecular formula is C26H34N8O2S. The van der Waals surface area contributed by atoms with E-state index in [0.717, 1.165) is 66.6 Å². The van der Waals surface area contributed by atoms with Gasteiger partial charge in [-0.25, -0.2) is 18.8 Å². The molecule has 3 aromatic rings. The molecule has 0 aromatic carbocycles. The van der Waals surface area contributed by atoms with Gasteiger partial charge < -0.3 is 10.6 Å². The second-order valence-corrected chi connectivity index (χ2v) is 12.4. The van der Waals surface area contributed by atoms with Crippen molar-refractivity contribution < 1.29 is 8.42 Å². The van der Waals surface area contributed by atoms with Crippen LogP contribution in [0.4, 0.5) is 11.6 Å². The second kappa shape index (κ2) is 10.1. The van der Waals surface area contributed by atoms with Gasteiger partial charge >= 0.3 is 0 Å². The van der Waals surface area contributed by atoms with Gasteiger partial charge in [0.1, 0.15) is 11.6 Å². The van der Waals surface area contributed by atoms with Crippen molar-refractivity contribution in [3.05, 3.63) is 54.5 Å². The molecule has 2 bridgehead atoms. The van der Waals surface area contributed by atoms with E-state index in [-0.39, 0.29) is 30.0 Å². The molecule has 3 aliphatic rings. The highest BCUT2D eigenvalue weighted by Crippen LogP contribution is 2.38. The summed E-state index contributed by atoms with van der Waals surface area (Å²) in [4.78, 5) is 13.6. The number of sulfonamides is 1. The fourth-order valence-electron chi connectivity index (χ4n) is 6.12. The summed E-state index contributed by atoms with van der Waals surface area (Å²) in [5.41, 5.74) is 8.10. The lowest BCUT2D eigenvalue weighted by atomic mass is 9.84. The number of fused-ring (bicyclic) bond motifs is 3. The Hall–Kier alpha value is -2.86. The predicted octanol–water partition coefficient (Wildman–Crippen LogP) is 2.98. The van der Waals surface area contributed by atoms with Gasteiger partial charge in [-0.05, 0) is 62.8 Å². The number of piperidine rings is 2. The van der Waals surface area contributed by atoms with Crippen molar-refractivity contribution in [2.24, 2.45) is 0 Å². The van der Waals surface area contributed by atoms with Crippen LogP contribution in [0, 0.1) is 0 Å². The van der Waals surface area contributed by atoms with Crippen molar-refractivity contribution in [1.82, 2.24) is 30.1 Å². The van der Waals surface area contributed by atoms with Gasteiger partial charge in [-0.15, -0.1) is 0 Å². The van der Waals surface area contributed by atoms with Crippen molar-refractivity contribution in [3.63, 3.8) is 0 Å². The number of nitrogens with one attached hydrogen (secondary N) is 4. The lowest BCUT2D eigenvalue weighted by molar-refractivity contribution is 0.115. The van der Waals surface area contributed by atoms with E-state index in [4.69, 9.17) is 4.98 Å². The summed E-state index contributed by atoms with van der Waals surface area (Å²) in [6.45, 7) is 2.14. The Labute approximate surface area is 217 Å². The van der Waals surface area contributed by atoms with Crippen LogP contribution >= 0.6 is 0 Å². The zero-order valence-corrected chi connectivity index (χ0v) is 21.8. The number of anilines is 2. The molecule has 6 rings (SSSR count). The van der Waals surface area contributed by atoms with Crippen LogP contribution in [0.2, 0.25) is 0 Å². The number of hydrazine groups is 1. The highest BCUT2D eigenvalue weighted by Gasteiger charge is 2.44. The van der Waals surface area contributed by atoms with Crippen LogP contribution in [0.1, 0.15) is 51.0 Å². The predicted molar refractivity (Wildman–Crippen MR) is 144 cm³/mol. The van der Waals surface area contributed by atoms with Gasteiger partial charge in [-0.2, -0.15) is 4.31 Å². The Balaban J connectivity index is 1.22. The summed E-state index contributed by atoms with van der Waals surface area (Å²) in [6.07, 6.45) is 10.5. The molecular weight excluding hydrogens is 488 g/mol. The maximum atomic E-state index is 13.5. The largest absolute Gasteiger partial charge is 0.367 e. The Kier molecular flexibility index (Phi) is 6.70. The monoisotopic (exact) mass is 522 g/mol. The van der Waals surface area contributed by atoms with Crippen LogP contribution in [0.15, 0.2) is 48.9 Å². The highest BCUT2D eigenvalue weighted by molar-refractivity contribution is 7.88. The van der Waals surface area contributed by atoms with Gasteiger partial charge in [-0.3, -0.25) is 15.4 Å². The Morgan fingerprint density at radius 3 is 2.59 bits per heavy atom. The summed E-state index contributed by atoms with van der Waals surface area (Å²) >= 11 is 0. The minimum absolute atomic E-state index is 0.000187. The molecule has 3 fully saturated rings. The molecule has 5 atom stereocenters. The molecule has 4 N–H and O–H groups in total. The first-order chi connectivity index (χ1) is 17.9. The van der Waals surface area contributed by atoms with E-state index < -0.39 is 10.0 Å². The molecule has 3 unspecified atom stereocenters. The second-order valence-electron chi connectivity index (χ2n) is 10.5. The lowest BCUT2D eigenvalue weighted by Crippen LogP contribution is -2.57. The van der Waals surface area contributed by atoms with Crippen molar-refractivity contribution >= 4 is 32.6 Å². The highest BCUT2D eigenvalue weighted by atomic mass is 32.2. The van der Waals surface area contributed by atoms with E-state index >= 15 is 0 Å². The zero-order chi connectivity index (χ0) is 25.4. The summed E-state index contributed by atoms with van der Waals surface area (Å²) in [5.74, 6) is 1.56. The van der Waals surface area contributed by atoms with E-state index in [1.165, 1.54) is 0 Å². The van der Waals surface area contributed by atoms with E-state index in [1.54, 1.807) is 24.7 Å². The topological polar surface area (TPSA) is 124 Å². The van der Waals surface area contributed by atoms with E-state index in [9.17, 15) is 8.42 Å². The molecule has 3 aliphatic heterocycles. The molecule has 0 aliphatic carbocycles. The number of aromatic nitrogens is 3. The number of pyridine rings is 3. The lowest BCUT2D eigenvalue weighted by Gasteiger charge is -2.48. The average molecular weight is 523 g/mol. The molecule has 0 amide bonds. The van der Waals surface area contributed by atoms with Crippen LogP contribution in [-0.2, 0) is 15.8 Å². The Morgan fingerprint density at radius 2 is 1.86 bits per heavy atom. The van der Waals surface area contributed by atoms with Gasteiger partial charge in [0.05, 0.1) is 17.4 Å². The molecule has 0 saturated carbocycles. The molecule has 37 heavy (non-hydrogen) atoms. The van der Waals surface area contributed by atoms with Crippen LogP contribution < -0.4 is 21.5 Å². The number of nitrogens with zero attached hydrogens (tertiary/aromatic N) is 4. The third-order valence-electron chi connectivity index (χ3n) is 7.66. The first-order valence-electron chi connectivity index (χ1n) is 13.1. The Bertz CT molecular complexity index is 1340. The molecule has 3 aromatic heterocycles. The molecule has 0 radical (unpaired) electrons. The zero-order valence-electron chi connectivity index (χ0n) is 21.0. The molecule has 11 heteroatoms. The molecule has 10 nitrogen and oxygen atoms in total. The third kappa shape index (κ3) is 5.26. The van der Waals surface area contributed by atoms with Gasteiger partial charge in [-0.1, -0.05) is 12.5 Å². The molecule has 0 spiro atoms. The number of hydrogen-bond donors (Lipinski definition) is 4. The Morgan fingerprint density at radius 1 is 1.05 bits per heavy atom. The van der Waals surface area contributed by atoms with Crippen LogP contribution in [0.5, 0.6) is 0 Å². The summed E-state index contributed by atoms with van der Waals surface area (Å²) in [5, 5.41) is 8.13. The standard InChI is InChI=1S/C26H34N8O2S/c1-17-11-25(33-32-17)30-24-14-23-22(8-4-10-28-23)26(31-24)29-19-12-20-6-2-7-21(13-19)34(20)37(35,36)16-18-5-3-9-27-15-18/h3-5,8-10,14-15,17,19-21,25,32-33H,2,6-7,11-13,16H2,1H3,(H2,29,30,31)/t17?,19?,20-,21+,25?. The summed E-state index contributed by atoms with van der Waals surface area (Å²) in [7, 11) is -3.43. The van der Waals surface area contributed by atoms with Crippen molar-refractivity contribution in [1.29, 1.82) is 0 Å². The minimum Gasteiger partial charge on any atom is -0.367 e. The average Bonchev–Trinajstić information content (AvgIpc) is 3.28.